The maximum absolute atomic E-state index is 12.0. The fourth-order valence-electron chi connectivity index (χ4n) is 2.88. The molecule has 8 nitrogen and oxygen atoms in total. The lowest BCUT2D eigenvalue weighted by Crippen LogP contribution is -2.41. The van der Waals surface area contributed by atoms with Crippen molar-refractivity contribution >= 4 is 57.3 Å². The van der Waals surface area contributed by atoms with Crippen molar-refractivity contribution in [2.24, 2.45) is 4.99 Å². The second-order valence-corrected chi connectivity index (χ2v) is 9.54. The lowest BCUT2D eigenvalue weighted by molar-refractivity contribution is -0.121. The lowest BCUT2D eigenvalue weighted by atomic mass is 10.2. The Labute approximate surface area is 200 Å². The van der Waals surface area contributed by atoms with Crippen molar-refractivity contribution in [3.63, 3.8) is 0 Å². The molecule has 1 aliphatic heterocycles. The highest BCUT2D eigenvalue weighted by atomic mass is 127. The molecule has 11 heteroatoms. The normalized spacial score (nSPS) is 17.7. The van der Waals surface area contributed by atoms with Crippen molar-refractivity contribution in [2.75, 3.05) is 44.8 Å². The monoisotopic (exact) mass is 572 g/mol. The highest BCUT2D eigenvalue weighted by molar-refractivity contribution is 14.0. The third-order valence-electron chi connectivity index (χ3n) is 4.40. The number of carbonyl (C=O) groups is 1. The van der Waals surface area contributed by atoms with Crippen LogP contribution in [0.15, 0.2) is 29.3 Å². The van der Waals surface area contributed by atoms with E-state index in [4.69, 9.17) is 16.3 Å². The van der Waals surface area contributed by atoms with Crippen LogP contribution in [0.25, 0.3) is 0 Å². The van der Waals surface area contributed by atoms with Gasteiger partial charge in [0.25, 0.3) is 0 Å². The van der Waals surface area contributed by atoms with Gasteiger partial charge in [-0.25, -0.2) is 8.42 Å². The minimum atomic E-state index is -3.00. The number of guanidine groups is 1. The standard InChI is InChI=1S/C19H29ClN4O4S.HI/c1-3-21-19(24(2)11-12-28-17-6-4-15(20)5-7-17)22-10-8-18(25)23-16-9-13-29(26,27)14-16;/h4-7,16H,3,8-14H2,1-2H3,(H,21,22)(H,23,25);1H. The van der Waals surface area contributed by atoms with Crippen molar-refractivity contribution in [3.8, 4) is 5.75 Å². The van der Waals surface area contributed by atoms with E-state index in [1.165, 1.54) is 0 Å². The number of amides is 1. The SMILES string of the molecule is CCNC(=NCCC(=O)NC1CCS(=O)(=O)C1)N(C)CCOc1ccc(Cl)cc1.I. The minimum absolute atomic E-state index is 0. The Morgan fingerprint density at radius 3 is 2.63 bits per heavy atom. The number of hydrogen-bond acceptors (Lipinski definition) is 5. The van der Waals surface area contributed by atoms with E-state index in [0.717, 1.165) is 5.75 Å². The molecule has 170 valence electrons. The smallest absolute Gasteiger partial charge is 0.222 e. The van der Waals surface area contributed by atoms with E-state index in [2.05, 4.69) is 15.6 Å². The van der Waals surface area contributed by atoms with Crippen LogP contribution in [-0.2, 0) is 14.6 Å². The summed E-state index contributed by atoms with van der Waals surface area (Å²) < 4.78 is 28.6. The summed E-state index contributed by atoms with van der Waals surface area (Å²) in [5, 5.41) is 6.62. The van der Waals surface area contributed by atoms with Gasteiger partial charge in [-0.15, -0.1) is 24.0 Å². The van der Waals surface area contributed by atoms with E-state index in [-0.39, 0.29) is 53.9 Å². The zero-order valence-electron chi connectivity index (χ0n) is 17.3. The molecule has 30 heavy (non-hydrogen) atoms. The fraction of sp³-hybridized carbons (Fsp3) is 0.579. The summed E-state index contributed by atoms with van der Waals surface area (Å²) in [5.74, 6) is 1.42. The van der Waals surface area contributed by atoms with Crippen molar-refractivity contribution < 1.29 is 17.9 Å². The van der Waals surface area contributed by atoms with Crippen LogP contribution in [0.5, 0.6) is 5.75 Å². The number of halogens is 2. The van der Waals surface area contributed by atoms with Crippen molar-refractivity contribution in [3.05, 3.63) is 29.3 Å². The molecule has 0 spiro atoms. The molecule has 0 radical (unpaired) electrons. The highest BCUT2D eigenvalue weighted by Crippen LogP contribution is 2.15. The number of ether oxygens (including phenoxy) is 1. The first-order valence-corrected chi connectivity index (χ1v) is 11.9. The van der Waals surface area contributed by atoms with Crippen molar-refractivity contribution in [2.45, 2.75) is 25.8 Å². The van der Waals surface area contributed by atoms with Crippen LogP contribution in [0, 0.1) is 0 Å². The van der Waals surface area contributed by atoms with Crippen LogP contribution in [0.3, 0.4) is 0 Å². The molecule has 1 fully saturated rings. The van der Waals surface area contributed by atoms with Gasteiger partial charge in [0.2, 0.25) is 5.91 Å². The predicted octanol–water partition coefficient (Wildman–Crippen LogP) is 1.93. The fourth-order valence-corrected chi connectivity index (χ4v) is 4.68. The number of aliphatic imine (C=N–C) groups is 1. The summed E-state index contributed by atoms with van der Waals surface area (Å²) in [7, 11) is -1.10. The van der Waals surface area contributed by atoms with E-state index < -0.39 is 9.84 Å². The zero-order valence-corrected chi connectivity index (χ0v) is 21.2. The Bertz CT molecular complexity index is 805. The molecule has 0 aromatic heterocycles. The first-order chi connectivity index (χ1) is 13.8. The molecule has 1 aliphatic rings. The topological polar surface area (TPSA) is 100 Å². The number of hydrogen-bond donors (Lipinski definition) is 2. The van der Waals surface area contributed by atoms with E-state index >= 15 is 0 Å². The van der Waals surface area contributed by atoms with Crippen molar-refractivity contribution in [1.82, 2.24) is 15.5 Å². The van der Waals surface area contributed by atoms with Crippen LogP contribution in [0.1, 0.15) is 19.8 Å². The van der Waals surface area contributed by atoms with E-state index in [0.29, 0.717) is 43.6 Å². The number of nitrogens with zero attached hydrogens (tertiary/aromatic N) is 2. The number of benzene rings is 1. The zero-order chi connectivity index (χ0) is 21.3. The van der Waals surface area contributed by atoms with E-state index in [1.54, 1.807) is 12.1 Å². The Hall–Kier alpha value is -1.27. The molecule has 0 saturated carbocycles. The first kappa shape index (κ1) is 26.8. The van der Waals surface area contributed by atoms with E-state index in [1.807, 2.05) is 31.0 Å². The second-order valence-electron chi connectivity index (χ2n) is 6.88. The molecule has 1 unspecified atom stereocenters. The minimum Gasteiger partial charge on any atom is -0.492 e. The number of nitrogens with one attached hydrogen (secondary N) is 2. The molecule has 1 amide bonds. The summed E-state index contributed by atoms with van der Waals surface area (Å²) in [4.78, 5) is 18.4. The van der Waals surface area contributed by atoms with Crippen LogP contribution >= 0.6 is 35.6 Å². The van der Waals surface area contributed by atoms with Gasteiger partial charge >= 0.3 is 0 Å². The first-order valence-electron chi connectivity index (χ1n) is 9.66. The summed E-state index contributed by atoms with van der Waals surface area (Å²) in [6.45, 7) is 4.07. The maximum atomic E-state index is 12.0. The maximum Gasteiger partial charge on any atom is 0.222 e. The number of likely N-dealkylation sites (N-methyl/N-ethyl adjacent to an activating group) is 1. The Balaban J connectivity index is 0.00000450. The molecule has 1 saturated heterocycles. The largest absolute Gasteiger partial charge is 0.492 e. The molecule has 1 atom stereocenters. The summed E-state index contributed by atoms with van der Waals surface area (Å²) in [5.41, 5.74) is 0. The second kappa shape index (κ2) is 13.2. The summed E-state index contributed by atoms with van der Waals surface area (Å²) >= 11 is 5.86. The van der Waals surface area contributed by atoms with Gasteiger partial charge < -0.3 is 20.3 Å². The molecular formula is C19H30ClIN4O4S. The lowest BCUT2D eigenvalue weighted by Gasteiger charge is -2.22. The van der Waals surface area contributed by atoms with Crippen LogP contribution in [0.2, 0.25) is 5.02 Å². The molecule has 2 rings (SSSR count). The van der Waals surface area contributed by atoms with Gasteiger partial charge in [0.15, 0.2) is 15.8 Å². The number of carbonyl (C=O) groups excluding carboxylic acids is 1. The molecule has 1 aromatic rings. The van der Waals surface area contributed by atoms with Crippen molar-refractivity contribution in [1.29, 1.82) is 0 Å². The molecule has 1 aromatic carbocycles. The Morgan fingerprint density at radius 2 is 2.03 bits per heavy atom. The quantitative estimate of drug-likeness (QED) is 0.267. The molecule has 0 bridgehead atoms. The van der Waals surface area contributed by atoms with Gasteiger partial charge in [0, 0.05) is 31.1 Å². The van der Waals surface area contributed by atoms with Gasteiger partial charge in [-0.3, -0.25) is 9.79 Å². The van der Waals surface area contributed by atoms with Gasteiger partial charge in [0.05, 0.1) is 24.6 Å². The average molecular weight is 573 g/mol. The van der Waals surface area contributed by atoms with Crippen LogP contribution < -0.4 is 15.4 Å². The molecular weight excluding hydrogens is 543 g/mol. The summed E-state index contributed by atoms with van der Waals surface area (Å²) in [6.07, 6.45) is 0.691. The summed E-state index contributed by atoms with van der Waals surface area (Å²) in [6, 6.07) is 6.90. The van der Waals surface area contributed by atoms with Crippen LogP contribution in [-0.4, -0.2) is 76.0 Å². The predicted molar refractivity (Wildman–Crippen MR) is 131 cm³/mol. The third kappa shape index (κ3) is 9.69. The van der Waals surface area contributed by atoms with Crippen LogP contribution in [0.4, 0.5) is 0 Å². The third-order valence-corrected chi connectivity index (χ3v) is 6.42. The van der Waals surface area contributed by atoms with Gasteiger partial charge in [-0.1, -0.05) is 11.6 Å². The molecule has 2 N–H and O–H groups in total. The Morgan fingerprint density at radius 1 is 1.33 bits per heavy atom. The van der Waals surface area contributed by atoms with Gasteiger partial charge in [0.1, 0.15) is 12.4 Å². The number of rotatable bonds is 9. The van der Waals surface area contributed by atoms with Gasteiger partial charge in [-0.05, 0) is 37.6 Å². The molecule has 1 heterocycles. The number of sulfone groups is 1. The average Bonchev–Trinajstić information content (AvgIpc) is 3.00. The Kier molecular flexibility index (Phi) is 11.8. The van der Waals surface area contributed by atoms with E-state index in [9.17, 15) is 13.2 Å². The molecule has 0 aliphatic carbocycles. The van der Waals surface area contributed by atoms with Gasteiger partial charge in [-0.2, -0.15) is 0 Å². The highest BCUT2D eigenvalue weighted by Gasteiger charge is 2.28.